The largest absolute Gasteiger partial charge is 0.454 e. The molecule has 2 bridgehead atoms. The van der Waals surface area contributed by atoms with Gasteiger partial charge in [0, 0.05) is 25.0 Å². The highest BCUT2D eigenvalue weighted by Gasteiger charge is 2.56. The molecule has 5 nitrogen and oxygen atoms in total. The second kappa shape index (κ2) is 3.80. The van der Waals surface area contributed by atoms with Crippen LogP contribution in [0.3, 0.4) is 0 Å². The van der Waals surface area contributed by atoms with Gasteiger partial charge in [0.1, 0.15) is 5.60 Å². The molecule has 3 heterocycles. The van der Waals surface area contributed by atoms with Crippen LogP contribution in [0.5, 0.6) is 11.5 Å². The van der Waals surface area contributed by atoms with Crippen LogP contribution in [-0.2, 0) is 6.54 Å². The summed E-state index contributed by atoms with van der Waals surface area (Å²) in [5, 5.41) is 21.1. The van der Waals surface area contributed by atoms with E-state index in [1.807, 2.05) is 12.1 Å². The quantitative estimate of drug-likeness (QED) is 0.690. The average Bonchev–Trinajstić information content (AvgIpc) is 3.01. The van der Waals surface area contributed by atoms with Crippen LogP contribution in [-0.4, -0.2) is 46.2 Å². The van der Waals surface area contributed by atoms with E-state index in [4.69, 9.17) is 9.47 Å². The fraction of sp³-hybridized carbons (Fsp3) is 0.500. The van der Waals surface area contributed by atoms with E-state index >= 15 is 0 Å². The third kappa shape index (κ3) is 1.46. The Kier molecular flexibility index (Phi) is 2.17. The second-order valence-electron chi connectivity index (χ2n) is 6.45. The van der Waals surface area contributed by atoms with Crippen LogP contribution < -0.4 is 9.47 Å². The minimum absolute atomic E-state index is 0.0217. The summed E-state index contributed by atoms with van der Waals surface area (Å²) in [4.78, 5) is 2.28. The molecule has 1 fully saturated rings. The summed E-state index contributed by atoms with van der Waals surface area (Å²) in [6, 6.07) is 4.04. The molecule has 1 aromatic carbocycles. The Balaban J connectivity index is 1.66. The maximum atomic E-state index is 11.2. The number of ether oxygens (including phenoxy) is 2. The topological polar surface area (TPSA) is 62.2 Å². The van der Waals surface area contributed by atoms with Gasteiger partial charge < -0.3 is 19.7 Å². The average molecular weight is 287 g/mol. The highest BCUT2D eigenvalue weighted by Crippen LogP contribution is 2.52. The molecule has 0 spiro atoms. The number of benzene rings is 1. The lowest BCUT2D eigenvalue weighted by Crippen LogP contribution is -2.47. The predicted molar refractivity (Wildman–Crippen MR) is 74.2 cm³/mol. The van der Waals surface area contributed by atoms with E-state index in [9.17, 15) is 10.2 Å². The minimum atomic E-state index is -0.891. The molecule has 0 amide bonds. The van der Waals surface area contributed by atoms with Gasteiger partial charge in [0.15, 0.2) is 11.5 Å². The normalized spacial score (nSPS) is 41.8. The van der Waals surface area contributed by atoms with Gasteiger partial charge in [-0.15, -0.1) is 0 Å². The smallest absolute Gasteiger partial charge is 0.231 e. The number of fused-ring (bicyclic) bond motifs is 8. The Morgan fingerprint density at radius 1 is 1.24 bits per heavy atom. The first kappa shape index (κ1) is 12.0. The van der Waals surface area contributed by atoms with Crippen LogP contribution in [0.4, 0.5) is 0 Å². The third-order valence-electron chi connectivity index (χ3n) is 5.38. The fourth-order valence-corrected chi connectivity index (χ4v) is 4.37. The lowest BCUT2D eigenvalue weighted by molar-refractivity contribution is 0.00843. The van der Waals surface area contributed by atoms with Crippen molar-refractivity contribution in [2.75, 3.05) is 13.3 Å². The zero-order valence-electron chi connectivity index (χ0n) is 11.5. The Morgan fingerprint density at radius 2 is 2.05 bits per heavy atom. The van der Waals surface area contributed by atoms with E-state index in [0.717, 1.165) is 30.2 Å². The first-order valence-electron chi connectivity index (χ1n) is 7.41. The molecule has 1 unspecified atom stereocenters. The maximum absolute atomic E-state index is 11.2. The van der Waals surface area contributed by atoms with Gasteiger partial charge in [0.05, 0.1) is 6.10 Å². The summed E-state index contributed by atoms with van der Waals surface area (Å²) in [5.74, 6) is 1.60. The molecule has 5 heteroatoms. The van der Waals surface area contributed by atoms with E-state index in [-0.39, 0.29) is 18.8 Å². The summed E-state index contributed by atoms with van der Waals surface area (Å²) >= 11 is 0. The van der Waals surface area contributed by atoms with Crippen molar-refractivity contribution >= 4 is 0 Å². The van der Waals surface area contributed by atoms with E-state index in [0.29, 0.717) is 6.42 Å². The zero-order valence-corrected chi connectivity index (χ0v) is 11.5. The molecule has 0 saturated carbocycles. The minimum Gasteiger partial charge on any atom is -0.454 e. The van der Waals surface area contributed by atoms with E-state index in [2.05, 4.69) is 4.90 Å². The molecule has 5 rings (SSSR count). The summed E-state index contributed by atoms with van der Waals surface area (Å²) in [6.07, 6.45) is 3.65. The van der Waals surface area contributed by atoms with Crippen LogP contribution in [0.25, 0.3) is 0 Å². The van der Waals surface area contributed by atoms with E-state index < -0.39 is 11.7 Å². The molecule has 1 aromatic rings. The highest BCUT2D eigenvalue weighted by molar-refractivity contribution is 5.53. The van der Waals surface area contributed by atoms with Crippen molar-refractivity contribution in [2.24, 2.45) is 0 Å². The lowest BCUT2D eigenvalue weighted by atomic mass is 9.75. The fourth-order valence-electron chi connectivity index (χ4n) is 4.37. The number of hydrogen-bond acceptors (Lipinski definition) is 5. The predicted octanol–water partition coefficient (Wildman–Crippen LogP) is 0.749. The number of hydrogen-bond donors (Lipinski definition) is 2. The van der Waals surface area contributed by atoms with Gasteiger partial charge >= 0.3 is 0 Å². The number of rotatable bonds is 0. The van der Waals surface area contributed by atoms with Crippen LogP contribution in [0.1, 0.15) is 23.5 Å². The Morgan fingerprint density at radius 3 is 2.90 bits per heavy atom. The standard InChI is InChI=1S/C16H17NO4/c18-10-1-2-16(19)12-7-17(15(16)4-10)6-9-3-13-14(5-11(9)12)21-8-20-13/h1-3,5,10,12,15,18-19H,4,6-8H2/t10-,12+,15+,16+/m1/s1. The van der Waals surface area contributed by atoms with Crippen molar-refractivity contribution in [2.45, 2.75) is 36.6 Å². The number of nitrogens with zero attached hydrogens (tertiary/aromatic N) is 1. The summed E-state index contributed by atoms with van der Waals surface area (Å²) in [5.41, 5.74) is 1.46. The van der Waals surface area contributed by atoms with Crippen molar-refractivity contribution in [1.29, 1.82) is 0 Å². The maximum Gasteiger partial charge on any atom is 0.231 e. The molecule has 1 aliphatic carbocycles. The summed E-state index contributed by atoms with van der Waals surface area (Å²) in [6.45, 7) is 1.88. The van der Waals surface area contributed by atoms with E-state index in [1.165, 1.54) is 5.56 Å². The molecule has 2 N–H and O–H groups in total. The van der Waals surface area contributed by atoms with Gasteiger partial charge in [-0.05, 0) is 29.7 Å². The molecule has 0 aromatic heterocycles. The molecule has 0 radical (unpaired) electrons. The Labute approximate surface area is 122 Å². The number of aliphatic hydroxyl groups excluding tert-OH is 1. The van der Waals surface area contributed by atoms with Crippen LogP contribution in [0, 0.1) is 0 Å². The Bertz CT molecular complexity index is 658. The zero-order chi connectivity index (χ0) is 14.2. The van der Waals surface area contributed by atoms with Gasteiger partial charge in [0.2, 0.25) is 6.79 Å². The van der Waals surface area contributed by atoms with Crippen molar-refractivity contribution in [3.05, 3.63) is 35.4 Å². The molecule has 110 valence electrons. The van der Waals surface area contributed by atoms with Crippen LogP contribution >= 0.6 is 0 Å². The van der Waals surface area contributed by atoms with Crippen LogP contribution in [0.2, 0.25) is 0 Å². The molecule has 21 heavy (non-hydrogen) atoms. The van der Waals surface area contributed by atoms with Crippen molar-refractivity contribution in [1.82, 2.24) is 4.90 Å². The Hall–Kier alpha value is -1.56. The molecule has 3 aliphatic heterocycles. The first-order chi connectivity index (χ1) is 10.1. The van der Waals surface area contributed by atoms with E-state index in [1.54, 1.807) is 12.2 Å². The molecule has 4 aliphatic rings. The molecule has 1 saturated heterocycles. The molecule has 5 atom stereocenters. The van der Waals surface area contributed by atoms with Crippen molar-refractivity contribution in [3.8, 4) is 11.5 Å². The van der Waals surface area contributed by atoms with Gasteiger partial charge in [-0.1, -0.05) is 12.2 Å². The van der Waals surface area contributed by atoms with Crippen molar-refractivity contribution < 1.29 is 19.7 Å². The SMILES string of the molecule is O[C@@H]1C=C[C@@]2(O)[C@H](C1)N1Cc3cc4c(cc3[C@@H]2C1)OCO4. The third-order valence-corrected chi connectivity index (χ3v) is 5.38. The summed E-state index contributed by atoms with van der Waals surface area (Å²) in [7, 11) is 0. The first-order valence-corrected chi connectivity index (χ1v) is 7.41. The molecular weight excluding hydrogens is 270 g/mol. The van der Waals surface area contributed by atoms with Crippen molar-refractivity contribution in [3.63, 3.8) is 0 Å². The van der Waals surface area contributed by atoms with Gasteiger partial charge in [0.25, 0.3) is 0 Å². The monoisotopic (exact) mass is 287 g/mol. The van der Waals surface area contributed by atoms with Gasteiger partial charge in [-0.3, -0.25) is 4.90 Å². The van der Waals surface area contributed by atoms with Gasteiger partial charge in [-0.2, -0.15) is 0 Å². The van der Waals surface area contributed by atoms with Gasteiger partial charge in [-0.25, -0.2) is 0 Å². The summed E-state index contributed by atoms with van der Waals surface area (Å²) < 4.78 is 10.9. The molecular formula is C16H17NO4. The highest BCUT2D eigenvalue weighted by atomic mass is 16.7. The lowest BCUT2D eigenvalue weighted by Gasteiger charge is -2.36. The second-order valence-corrected chi connectivity index (χ2v) is 6.45. The number of aliphatic hydroxyl groups is 2. The van der Waals surface area contributed by atoms with Crippen LogP contribution in [0.15, 0.2) is 24.3 Å².